The molecule has 5 heteroatoms. The first-order valence-electron chi connectivity index (χ1n) is 6.95. The van der Waals surface area contributed by atoms with E-state index in [9.17, 15) is 14.0 Å². The van der Waals surface area contributed by atoms with E-state index in [-0.39, 0.29) is 11.3 Å². The molecule has 0 aliphatic carbocycles. The highest BCUT2D eigenvalue weighted by atomic mass is 19.1. The molecule has 0 saturated heterocycles. The van der Waals surface area contributed by atoms with Gasteiger partial charge >= 0.3 is 11.9 Å². The molecule has 120 valence electrons. The Kier molecular flexibility index (Phi) is 5.48. The molecule has 0 radical (unpaired) electrons. The van der Waals surface area contributed by atoms with Crippen LogP contribution in [0.1, 0.15) is 28.4 Å². The lowest BCUT2D eigenvalue weighted by Crippen LogP contribution is -2.09. The molecule has 4 nitrogen and oxygen atoms in total. The average Bonchev–Trinajstić information content (AvgIpc) is 2.56. The Morgan fingerprint density at radius 3 is 2.46 bits per heavy atom. The SMILES string of the molecule is CC#Cc1ccc(C(=O)Oc2ccc(/C=C/C(=O)O)cc2F)cc1. The number of carboxylic acids is 1. The summed E-state index contributed by atoms with van der Waals surface area (Å²) in [6, 6.07) is 10.2. The number of carboxylic acid groups (broad SMARTS) is 1. The minimum Gasteiger partial charge on any atom is -0.478 e. The highest BCUT2D eigenvalue weighted by Crippen LogP contribution is 2.20. The molecule has 0 amide bonds. The van der Waals surface area contributed by atoms with Gasteiger partial charge in [0, 0.05) is 11.6 Å². The fourth-order valence-electron chi connectivity index (χ4n) is 1.86. The molecule has 0 bridgehead atoms. The molecule has 0 aliphatic heterocycles. The van der Waals surface area contributed by atoms with Crippen molar-refractivity contribution in [2.24, 2.45) is 0 Å². The first-order chi connectivity index (χ1) is 11.5. The fourth-order valence-corrected chi connectivity index (χ4v) is 1.86. The molecular weight excluding hydrogens is 311 g/mol. The Balaban J connectivity index is 2.13. The maximum absolute atomic E-state index is 13.9. The zero-order chi connectivity index (χ0) is 17.5. The molecule has 2 aromatic rings. The minimum absolute atomic E-state index is 0.232. The van der Waals surface area contributed by atoms with Gasteiger partial charge in [0.1, 0.15) is 0 Å². The van der Waals surface area contributed by atoms with Crippen molar-refractivity contribution in [1.29, 1.82) is 0 Å². The Bertz CT molecular complexity index is 855. The van der Waals surface area contributed by atoms with E-state index in [0.29, 0.717) is 5.56 Å². The van der Waals surface area contributed by atoms with E-state index in [1.54, 1.807) is 31.2 Å². The lowest BCUT2D eigenvalue weighted by Gasteiger charge is -2.06. The van der Waals surface area contributed by atoms with Crippen molar-refractivity contribution in [3.63, 3.8) is 0 Å². The number of esters is 1. The summed E-state index contributed by atoms with van der Waals surface area (Å²) in [6.07, 6.45) is 2.13. The Labute approximate surface area is 138 Å². The molecule has 1 N–H and O–H groups in total. The molecule has 0 saturated carbocycles. The summed E-state index contributed by atoms with van der Waals surface area (Å²) in [5, 5.41) is 8.54. The number of ether oxygens (including phenoxy) is 1. The summed E-state index contributed by atoms with van der Waals surface area (Å²) in [5.74, 6) is 2.77. The van der Waals surface area contributed by atoms with Crippen LogP contribution in [-0.2, 0) is 4.79 Å². The van der Waals surface area contributed by atoms with Gasteiger partial charge in [0.2, 0.25) is 0 Å². The van der Waals surface area contributed by atoms with Gasteiger partial charge in [-0.3, -0.25) is 0 Å². The number of halogens is 1. The van der Waals surface area contributed by atoms with Crippen LogP contribution in [0.5, 0.6) is 5.75 Å². The second kappa shape index (κ2) is 7.75. The largest absolute Gasteiger partial charge is 0.478 e. The smallest absolute Gasteiger partial charge is 0.343 e. The van der Waals surface area contributed by atoms with Crippen LogP contribution in [0.4, 0.5) is 4.39 Å². The lowest BCUT2D eigenvalue weighted by atomic mass is 10.1. The van der Waals surface area contributed by atoms with Crippen molar-refractivity contribution in [2.45, 2.75) is 6.92 Å². The number of rotatable bonds is 4. The summed E-state index contributed by atoms with van der Waals surface area (Å²) in [5.41, 5.74) is 1.37. The van der Waals surface area contributed by atoms with Crippen LogP contribution in [0, 0.1) is 17.7 Å². The number of benzene rings is 2. The first-order valence-corrected chi connectivity index (χ1v) is 6.95. The Morgan fingerprint density at radius 2 is 1.88 bits per heavy atom. The number of aliphatic carboxylic acids is 1. The highest BCUT2D eigenvalue weighted by molar-refractivity contribution is 5.91. The molecule has 0 fully saturated rings. The molecule has 0 spiro atoms. The standard InChI is InChI=1S/C19H13FO4/c1-2-3-13-4-8-15(9-5-13)19(23)24-17-10-6-14(12-16(17)20)7-11-18(21)22/h4-12H,1H3,(H,21,22)/b11-7+. The van der Waals surface area contributed by atoms with E-state index >= 15 is 0 Å². The molecule has 0 unspecified atom stereocenters. The monoisotopic (exact) mass is 324 g/mol. The van der Waals surface area contributed by atoms with E-state index in [1.807, 2.05) is 0 Å². The first kappa shape index (κ1) is 17.0. The van der Waals surface area contributed by atoms with E-state index in [2.05, 4.69) is 11.8 Å². The van der Waals surface area contributed by atoms with Gasteiger partial charge in [0.15, 0.2) is 11.6 Å². The van der Waals surface area contributed by atoms with Gasteiger partial charge in [0.05, 0.1) is 5.56 Å². The van der Waals surface area contributed by atoms with Crippen LogP contribution in [0.15, 0.2) is 48.5 Å². The topological polar surface area (TPSA) is 63.6 Å². The average molecular weight is 324 g/mol. The van der Waals surface area contributed by atoms with Crippen LogP contribution in [0.3, 0.4) is 0 Å². The molecule has 0 atom stereocenters. The van der Waals surface area contributed by atoms with E-state index in [4.69, 9.17) is 9.84 Å². The lowest BCUT2D eigenvalue weighted by molar-refractivity contribution is -0.131. The van der Waals surface area contributed by atoms with Crippen molar-refractivity contribution in [2.75, 3.05) is 0 Å². The van der Waals surface area contributed by atoms with Gasteiger partial charge in [-0.1, -0.05) is 12.0 Å². The maximum Gasteiger partial charge on any atom is 0.343 e. The van der Waals surface area contributed by atoms with Gasteiger partial charge in [-0.25, -0.2) is 14.0 Å². The van der Waals surface area contributed by atoms with Crippen LogP contribution in [-0.4, -0.2) is 17.0 Å². The van der Waals surface area contributed by atoms with Crippen LogP contribution >= 0.6 is 0 Å². The van der Waals surface area contributed by atoms with Crippen molar-refractivity contribution in [1.82, 2.24) is 0 Å². The number of hydrogen-bond acceptors (Lipinski definition) is 3. The predicted molar refractivity (Wildman–Crippen MR) is 87.0 cm³/mol. The highest BCUT2D eigenvalue weighted by Gasteiger charge is 2.12. The van der Waals surface area contributed by atoms with E-state index in [1.165, 1.54) is 18.2 Å². The van der Waals surface area contributed by atoms with Gasteiger partial charge in [-0.15, -0.1) is 5.92 Å². The third-order valence-corrected chi connectivity index (χ3v) is 2.97. The number of carbonyl (C=O) groups excluding carboxylic acids is 1. The molecule has 0 heterocycles. The van der Waals surface area contributed by atoms with Gasteiger partial charge < -0.3 is 9.84 Å². The summed E-state index contributed by atoms with van der Waals surface area (Å²) >= 11 is 0. The van der Waals surface area contributed by atoms with Crippen molar-refractivity contribution in [3.05, 3.63) is 71.0 Å². The van der Waals surface area contributed by atoms with Crippen LogP contribution < -0.4 is 4.74 Å². The maximum atomic E-state index is 13.9. The zero-order valence-corrected chi connectivity index (χ0v) is 12.7. The third-order valence-electron chi connectivity index (χ3n) is 2.97. The normalized spacial score (nSPS) is 10.1. The molecule has 24 heavy (non-hydrogen) atoms. The molecule has 0 aliphatic rings. The molecule has 2 aromatic carbocycles. The zero-order valence-electron chi connectivity index (χ0n) is 12.7. The number of hydrogen-bond donors (Lipinski definition) is 1. The molecule has 0 aromatic heterocycles. The second-order valence-electron chi connectivity index (χ2n) is 4.70. The van der Waals surface area contributed by atoms with Crippen LogP contribution in [0.25, 0.3) is 6.08 Å². The van der Waals surface area contributed by atoms with E-state index in [0.717, 1.165) is 17.7 Å². The van der Waals surface area contributed by atoms with Gasteiger partial charge in [0.25, 0.3) is 0 Å². The quantitative estimate of drug-likeness (QED) is 0.404. The number of carbonyl (C=O) groups is 2. The van der Waals surface area contributed by atoms with Crippen LogP contribution in [0.2, 0.25) is 0 Å². The summed E-state index contributed by atoms with van der Waals surface area (Å²) in [7, 11) is 0. The summed E-state index contributed by atoms with van der Waals surface area (Å²) in [4.78, 5) is 22.5. The van der Waals surface area contributed by atoms with Gasteiger partial charge in [-0.2, -0.15) is 0 Å². The summed E-state index contributed by atoms with van der Waals surface area (Å²) < 4.78 is 19.0. The molecular formula is C19H13FO4. The molecule has 2 rings (SSSR count). The Hall–Kier alpha value is -3.39. The Morgan fingerprint density at radius 1 is 1.17 bits per heavy atom. The minimum atomic E-state index is -1.14. The second-order valence-corrected chi connectivity index (χ2v) is 4.70. The van der Waals surface area contributed by atoms with Crippen molar-refractivity contribution in [3.8, 4) is 17.6 Å². The fraction of sp³-hybridized carbons (Fsp3) is 0.0526. The predicted octanol–water partition coefficient (Wildman–Crippen LogP) is 3.51. The summed E-state index contributed by atoms with van der Waals surface area (Å²) in [6.45, 7) is 1.71. The van der Waals surface area contributed by atoms with E-state index < -0.39 is 17.8 Å². The third kappa shape index (κ3) is 4.55. The van der Waals surface area contributed by atoms with Crippen molar-refractivity contribution < 1.29 is 23.8 Å². The van der Waals surface area contributed by atoms with Crippen molar-refractivity contribution >= 4 is 18.0 Å². The van der Waals surface area contributed by atoms with Gasteiger partial charge in [-0.05, 0) is 55.0 Å².